The zero-order valence-corrected chi connectivity index (χ0v) is 9.24. The van der Waals surface area contributed by atoms with Gasteiger partial charge in [-0.3, -0.25) is 0 Å². The molecule has 0 atom stereocenters. The van der Waals surface area contributed by atoms with Gasteiger partial charge in [0.1, 0.15) is 6.07 Å². The SMILES string of the molecule is COCC(C)(C)Nc1cccnc1C#N. The van der Waals surface area contributed by atoms with Gasteiger partial charge in [0.2, 0.25) is 0 Å². The van der Waals surface area contributed by atoms with Gasteiger partial charge in [-0.15, -0.1) is 0 Å². The molecule has 0 bridgehead atoms. The fourth-order valence-electron chi connectivity index (χ4n) is 1.36. The number of methoxy groups -OCH3 is 1. The first-order valence-electron chi connectivity index (χ1n) is 4.71. The molecule has 0 radical (unpaired) electrons. The van der Waals surface area contributed by atoms with Crippen LogP contribution in [0.3, 0.4) is 0 Å². The van der Waals surface area contributed by atoms with Gasteiger partial charge >= 0.3 is 0 Å². The minimum absolute atomic E-state index is 0.219. The zero-order chi connectivity index (χ0) is 11.3. The first-order chi connectivity index (χ1) is 7.09. The van der Waals surface area contributed by atoms with E-state index in [-0.39, 0.29) is 5.54 Å². The van der Waals surface area contributed by atoms with E-state index in [9.17, 15) is 0 Å². The van der Waals surface area contributed by atoms with Crippen molar-refractivity contribution in [1.82, 2.24) is 4.98 Å². The Labute approximate surface area is 89.9 Å². The lowest BCUT2D eigenvalue weighted by molar-refractivity contribution is 0.158. The van der Waals surface area contributed by atoms with Gasteiger partial charge in [-0.2, -0.15) is 5.26 Å². The summed E-state index contributed by atoms with van der Waals surface area (Å²) < 4.78 is 5.09. The average Bonchev–Trinajstić information content (AvgIpc) is 2.17. The monoisotopic (exact) mass is 205 g/mol. The van der Waals surface area contributed by atoms with Gasteiger partial charge in [0, 0.05) is 13.3 Å². The summed E-state index contributed by atoms with van der Waals surface area (Å²) in [5.74, 6) is 0. The second-order valence-corrected chi connectivity index (χ2v) is 3.95. The molecule has 0 unspecified atom stereocenters. The average molecular weight is 205 g/mol. The number of nitrogens with one attached hydrogen (secondary N) is 1. The predicted octanol–water partition coefficient (Wildman–Crippen LogP) is 1.79. The number of nitrogens with zero attached hydrogens (tertiary/aromatic N) is 2. The van der Waals surface area contributed by atoms with Crippen LogP contribution in [0.5, 0.6) is 0 Å². The van der Waals surface area contributed by atoms with Gasteiger partial charge in [-0.25, -0.2) is 4.98 Å². The van der Waals surface area contributed by atoms with E-state index in [1.807, 2.05) is 26.0 Å². The van der Waals surface area contributed by atoms with Crippen molar-refractivity contribution in [1.29, 1.82) is 5.26 Å². The number of rotatable bonds is 4. The van der Waals surface area contributed by atoms with E-state index >= 15 is 0 Å². The molecule has 0 spiro atoms. The molecule has 1 heterocycles. The molecule has 4 heteroatoms. The van der Waals surface area contributed by atoms with Crippen LogP contribution in [0.4, 0.5) is 5.69 Å². The molecule has 15 heavy (non-hydrogen) atoms. The van der Waals surface area contributed by atoms with Crippen LogP contribution in [0.15, 0.2) is 18.3 Å². The highest BCUT2D eigenvalue weighted by Gasteiger charge is 2.18. The second kappa shape index (κ2) is 4.76. The standard InChI is InChI=1S/C11H15N3O/c1-11(2,8-15-3)14-9-5-4-6-13-10(9)7-12/h4-6,14H,8H2,1-3H3. The first-order valence-corrected chi connectivity index (χ1v) is 4.71. The predicted molar refractivity (Wildman–Crippen MR) is 58.5 cm³/mol. The molecule has 0 aliphatic heterocycles. The van der Waals surface area contributed by atoms with Crippen LogP contribution in [-0.2, 0) is 4.74 Å². The van der Waals surface area contributed by atoms with Gasteiger partial charge in [-0.1, -0.05) is 0 Å². The summed E-state index contributed by atoms with van der Waals surface area (Å²) in [7, 11) is 1.65. The molecule has 1 aromatic rings. The molecule has 0 saturated heterocycles. The molecule has 0 fully saturated rings. The lowest BCUT2D eigenvalue weighted by atomic mass is 10.1. The molecule has 1 aromatic heterocycles. The maximum atomic E-state index is 8.86. The van der Waals surface area contributed by atoms with Gasteiger partial charge in [0.15, 0.2) is 5.69 Å². The van der Waals surface area contributed by atoms with E-state index in [0.717, 1.165) is 5.69 Å². The summed E-state index contributed by atoms with van der Waals surface area (Å²) in [6, 6.07) is 5.68. The topological polar surface area (TPSA) is 57.9 Å². The third-order valence-electron chi connectivity index (χ3n) is 1.89. The van der Waals surface area contributed by atoms with Crippen LogP contribution in [0.1, 0.15) is 19.5 Å². The van der Waals surface area contributed by atoms with E-state index in [1.165, 1.54) is 0 Å². The molecule has 1 N–H and O–H groups in total. The summed E-state index contributed by atoms with van der Waals surface area (Å²) in [5.41, 5.74) is 0.923. The molecular formula is C11H15N3O. The highest BCUT2D eigenvalue weighted by molar-refractivity contribution is 5.54. The third-order valence-corrected chi connectivity index (χ3v) is 1.89. The molecular weight excluding hydrogens is 190 g/mol. The van der Waals surface area contributed by atoms with Crippen molar-refractivity contribution < 1.29 is 4.74 Å². The van der Waals surface area contributed by atoms with E-state index in [2.05, 4.69) is 10.3 Å². The van der Waals surface area contributed by atoms with Crippen molar-refractivity contribution in [2.75, 3.05) is 19.0 Å². The molecule has 0 amide bonds. The number of anilines is 1. The Balaban J connectivity index is 2.85. The highest BCUT2D eigenvalue weighted by Crippen LogP contribution is 2.17. The third kappa shape index (κ3) is 3.22. The maximum Gasteiger partial charge on any atom is 0.163 e. The van der Waals surface area contributed by atoms with Crippen LogP contribution >= 0.6 is 0 Å². The van der Waals surface area contributed by atoms with Crippen molar-refractivity contribution in [3.05, 3.63) is 24.0 Å². The number of hydrogen-bond donors (Lipinski definition) is 1. The van der Waals surface area contributed by atoms with Crippen LogP contribution in [0.2, 0.25) is 0 Å². The van der Waals surface area contributed by atoms with Crippen molar-refractivity contribution >= 4 is 5.69 Å². The summed E-state index contributed by atoms with van der Waals surface area (Å²) >= 11 is 0. The van der Waals surface area contributed by atoms with E-state index in [1.54, 1.807) is 19.4 Å². The molecule has 80 valence electrons. The zero-order valence-electron chi connectivity index (χ0n) is 9.24. The Hall–Kier alpha value is -1.60. The minimum Gasteiger partial charge on any atom is -0.382 e. The minimum atomic E-state index is -0.219. The largest absolute Gasteiger partial charge is 0.382 e. The Bertz CT molecular complexity index is 368. The first kappa shape index (κ1) is 11.5. The van der Waals surface area contributed by atoms with Crippen molar-refractivity contribution in [2.45, 2.75) is 19.4 Å². The number of aromatic nitrogens is 1. The van der Waals surface area contributed by atoms with Crippen molar-refractivity contribution in [2.24, 2.45) is 0 Å². The fourth-order valence-corrected chi connectivity index (χ4v) is 1.36. The molecule has 0 saturated carbocycles. The Kier molecular flexibility index (Phi) is 3.64. The fraction of sp³-hybridized carbons (Fsp3) is 0.455. The molecule has 0 aromatic carbocycles. The van der Waals surface area contributed by atoms with Crippen LogP contribution in [0.25, 0.3) is 0 Å². The molecule has 1 rings (SSSR count). The Morgan fingerprint density at radius 1 is 1.60 bits per heavy atom. The summed E-state index contributed by atoms with van der Waals surface area (Å²) in [4.78, 5) is 3.98. The highest BCUT2D eigenvalue weighted by atomic mass is 16.5. The second-order valence-electron chi connectivity index (χ2n) is 3.95. The summed E-state index contributed by atoms with van der Waals surface area (Å²) in [6.45, 7) is 4.57. The number of nitriles is 1. The van der Waals surface area contributed by atoms with E-state index in [0.29, 0.717) is 12.3 Å². The summed E-state index contributed by atoms with van der Waals surface area (Å²) in [5, 5.41) is 12.1. The smallest absolute Gasteiger partial charge is 0.163 e. The van der Waals surface area contributed by atoms with Gasteiger partial charge in [0.25, 0.3) is 0 Å². The number of hydrogen-bond acceptors (Lipinski definition) is 4. The van der Waals surface area contributed by atoms with Crippen molar-refractivity contribution in [3.63, 3.8) is 0 Å². The summed E-state index contributed by atoms with van der Waals surface area (Å²) in [6.07, 6.45) is 1.60. The Morgan fingerprint density at radius 2 is 2.33 bits per heavy atom. The number of ether oxygens (including phenoxy) is 1. The Morgan fingerprint density at radius 3 is 2.93 bits per heavy atom. The lowest BCUT2D eigenvalue weighted by Gasteiger charge is -2.26. The maximum absolute atomic E-state index is 8.86. The van der Waals surface area contributed by atoms with E-state index in [4.69, 9.17) is 10.00 Å². The molecule has 0 aliphatic rings. The van der Waals surface area contributed by atoms with Gasteiger partial charge < -0.3 is 10.1 Å². The molecule has 0 aliphatic carbocycles. The van der Waals surface area contributed by atoms with Crippen molar-refractivity contribution in [3.8, 4) is 6.07 Å². The van der Waals surface area contributed by atoms with Crippen LogP contribution < -0.4 is 5.32 Å². The van der Waals surface area contributed by atoms with E-state index < -0.39 is 0 Å². The molecule has 4 nitrogen and oxygen atoms in total. The normalized spacial score (nSPS) is 10.8. The quantitative estimate of drug-likeness (QED) is 0.814. The number of pyridine rings is 1. The van der Waals surface area contributed by atoms with Gasteiger partial charge in [0.05, 0.1) is 17.8 Å². The van der Waals surface area contributed by atoms with Crippen LogP contribution in [0, 0.1) is 11.3 Å². The van der Waals surface area contributed by atoms with Crippen LogP contribution in [-0.4, -0.2) is 24.2 Å². The van der Waals surface area contributed by atoms with Gasteiger partial charge in [-0.05, 0) is 26.0 Å². The lowest BCUT2D eigenvalue weighted by Crippen LogP contribution is -2.36.